The first-order valence-electron chi connectivity index (χ1n) is 8.03. The summed E-state index contributed by atoms with van der Waals surface area (Å²) >= 11 is 5.61. The molecule has 0 spiro atoms. The number of non-ortho nitro benzene ring substituents is 1. The van der Waals surface area contributed by atoms with Gasteiger partial charge in [-0.25, -0.2) is 0 Å². The van der Waals surface area contributed by atoms with Gasteiger partial charge >= 0.3 is 0 Å². The molecule has 4 rings (SSSR count). The van der Waals surface area contributed by atoms with Crippen LogP contribution in [0.15, 0.2) is 42.5 Å². The number of rotatable bonds is 2. The summed E-state index contributed by atoms with van der Waals surface area (Å²) in [6, 6.07) is 12.6. The Morgan fingerprint density at radius 2 is 2.12 bits per heavy atom. The largest absolute Gasteiger partial charge is 0.467 e. The molecule has 7 heteroatoms. The summed E-state index contributed by atoms with van der Waals surface area (Å²) < 4.78 is 6.29. The van der Waals surface area contributed by atoms with E-state index in [-0.39, 0.29) is 11.7 Å². The molecule has 2 heterocycles. The van der Waals surface area contributed by atoms with Crippen LogP contribution in [-0.4, -0.2) is 15.8 Å². The second-order valence-electron chi connectivity index (χ2n) is 6.58. The molecule has 2 unspecified atom stereocenters. The molecule has 2 aliphatic rings. The average molecular weight is 355 g/mol. The average Bonchev–Trinajstić information content (AvgIpc) is 2.55. The van der Waals surface area contributed by atoms with E-state index in [2.05, 4.69) is 5.32 Å². The van der Waals surface area contributed by atoms with Crippen LogP contribution in [-0.2, 0) is 0 Å². The molecular formula is C18H17N3O3S. The molecule has 2 aromatic rings. The second kappa shape index (κ2) is 5.42. The fraction of sp³-hybridized carbons (Fsp3) is 0.278. The third kappa shape index (κ3) is 2.42. The molecule has 0 saturated carbocycles. The molecule has 0 amide bonds. The van der Waals surface area contributed by atoms with Crippen LogP contribution in [0.4, 0.5) is 11.4 Å². The molecular weight excluding hydrogens is 338 g/mol. The summed E-state index contributed by atoms with van der Waals surface area (Å²) in [5, 5.41) is 15.0. The van der Waals surface area contributed by atoms with Gasteiger partial charge in [0.2, 0.25) is 0 Å². The summed E-state index contributed by atoms with van der Waals surface area (Å²) in [5.41, 5.74) is 2.27. The minimum atomic E-state index is -0.651. The van der Waals surface area contributed by atoms with Gasteiger partial charge in [-0.05, 0) is 43.8 Å². The van der Waals surface area contributed by atoms with Crippen molar-refractivity contribution in [2.24, 2.45) is 0 Å². The fourth-order valence-electron chi connectivity index (χ4n) is 3.65. The minimum absolute atomic E-state index is 0.0556. The number of nitro benzene ring substituents is 1. The maximum Gasteiger partial charge on any atom is 0.270 e. The standard InChI is InChI=1S/C18H17N3O3S/c1-11-5-3-4-6-15(11)20-17(25)19-14-10-18(20,2)24-16-8-7-12(21(22)23)9-13(14)16/h3-9,14H,10H2,1-2H3,(H,19,25). The normalized spacial score (nSPS) is 24.2. The summed E-state index contributed by atoms with van der Waals surface area (Å²) in [6.45, 7) is 4.04. The van der Waals surface area contributed by atoms with Gasteiger partial charge < -0.3 is 10.1 Å². The van der Waals surface area contributed by atoms with Crippen molar-refractivity contribution in [1.29, 1.82) is 0 Å². The Balaban J connectivity index is 1.80. The van der Waals surface area contributed by atoms with Gasteiger partial charge in [-0.15, -0.1) is 0 Å². The number of hydrogen-bond donors (Lipinski definition) is 1. The zero-order chi connectivity index (χ0) is 17.8. The fourth-order valence-corrected chi connectivity index (χ4v) is 4.09. The van der Waals surface area contributed by atoms with Crippen LogP contribution in [0, 0.1) is 17.0 Å². The van der Waals surface area contributed by atoms with Crippen LogP contribution in [0.2, 0.25) is 0 Å². The van der Waals surface area contributed by atoms with Gasteiger partial charge in [0.05, 0.1) is 11.0 Å². The first-order chi connectivity index (χ1) is 11.9. The maximum atomic E-state index is 11.1. The highest BCUT2D eigenvalue weighted by atomic mass is 32.1. The van der Waals surface area contributed by atoms with E-state index in [1.165, 1.54) is 6.07 Å². The van der Waals surface area contributed by atoms with Crippen molar-refractivity contribution in [2.45, 2.75) is 32.0 Å². The number of nitro groups is 1. The molecule has 128 valence electrons. The Hall–Kier alpha value is -2.67. The highest BCUT2D eigenvalue weighted by Gasteiger charge is 2.48. The number of benzene rings is 2. The van der Waals surface area contributed by atoms with E-state index in [1.807, 2.05) is 43.0 Å². The van der Waals surface area contributed by atoms with E-state index >= 15 is 0 Å². The van der Waals surface area contributed by atoms with E-state index in [0.29, 0.717) is 17.3 Å². The lowest BCUT2D eigenvalue weighted by Gasteiger charge is -2.52. The van der Waals surface area contributed by atoms with Crippen LogP contribution < -0.4 is 15.0 Å². The Labute approximate surface area is 150 Å². The lowest BCUT2D eigenvalue weighted by molar-refractivity contribution is -0.385. The van der Waals surface area contributed by atoms with E-state index in [0.717, 1.165) is 16.8 Å². The Morgan fingerprint density at radius 1 is 1.36 bits per heavy atom. The number of anilines is 1. The molecule has 0 aliphatic carbocycles. The number of aryl methyl sites for hydroxylation is 1. The van der Waals surface area contributed by atoms with Gasteiger partial charge in [-0.3, -0.25) is 15.0 Å². The quantitative estimate of drug-likeness (QED) is 0.502. The zero-order valence-electron chi connectivity index (χ0n) is 13.9. The number of nitrogens with zero attached hydrogens (tertiary/aromatic N) is 2. The summed E-state index contributed by atoms with van der Waals surface area (Å²) in [5.74, 6) is 0.651. The lowest BCUT2D eigenvalue weighted by atomic mass is 9.89. The molecule has 1 fully saturated rings. The third-order valence-electron chi connectivity index (χ3n) is 4.82. The van der Waals surface area contributed by atoms with Gasteiger partial charge in [0.1, 0.15) is 5.75 Å². The van der Waals surface area contributed by atoms with Crippen molar-refractivity contribution in [3.05, 3.63) is 63.7 Å². The van der Waals surface area contributed by atoms with Crippen molar-refractivity contribution < 1.29 is 9.66 Å². The van der Waals surface area contributed by atoms with Crippen LogP contribution in [0.1, 0.15) is 30.5 Å². The Bertz CT molecular complexity index is 901. The van der Waals surface area contributed by atoms with Crippen molar-refractivity contribution in [3.8, 4) is 5.75 Å². The number of hydrogen-bond acceptors (Lipinski definition) is 4. The molecule has 1 saturated heterocycles. The van der Waals surface area contributed by atoms with E-state index in [9.17, 15) is 10.1 Å². The first kappa shape index (κ1) is 15.8. The lowest BCUT2D eigenvalue weighted by Crippen LogP contribution is -2.65. The smallest absolute Gasteiger partial charge is 0.270 e. The number of nitrogens with one attached hydrogen (secondary N) is 1. The van der Waals surface area contributed by atoms with Crippen molar-refractivity contribution in [2.75, 3.05) is 4.90 Å². The van der Waals surface area contributed by atoms with E-state index < -0.39 is 10.6 Å². The van der Waals surface area contributed by atoms with Gasteiger partial charge in [0, 0.05) is 29.8 Å². The highest BCUT2D eigenvalue weighted by molar-refractivity contribution is 7.80. The van der Waals surface area contributed by atoms with Gasteiger partial charge in [0.15, 0.2) is 10.8 Å². The zero-order valence-corrected chi connectivity index (χ0v) is 14.7. The topological polar surface area (TPSA) is 67.6 Å². The molecule has 2 aliphatic heterocycles. The Kier molecular flexibility index (Phi) is 3.43. The van der Waals surface area contributed by atoms with Crippen molar-refractivity contribution in [3.63, 3.8) is 0 Å². The molecule has 1 N–H and O–H groups in total. The number of thiocarbonyl (C=S) groups is 1. The third-order valence-corrected chi connectivity index (χ3v) is 5.12. The van der Waals surface area contributed by atoms with Gasteiger partial charge in [0.25, 0.3) is 5.69 Å². The predicted octanol–water partition coefficient (Wildman–Crippen LogP) is 3.84. The van der Waals surface area contributed by atoms with Crippen molar-refractivity contribution in [1.82, 2.24) is 5.32 Å². The summed E-state index contributed by atoms with van der Waals surface area (Å²) in [7, 11) is 0. The molecule has 2 bridgehead atoms. The molecule has 2 aromatic carbocycles. The number of para-hydroxylation sites is 1. The highest BCUT2D eigenvalue weighted by Crippen LogP contribution is 2.46. The SMILES string of the molecule is Cc1ccccc1N1C(=S)NC2CC1(C)Oc1ccc([N+](=O)[O-])cc12. The van der Waals surface area contributed by atoms with Crippen LogP contribution in [0.25, 0.3) is 0 Å². The summed E-state index contributed by atoms with van der Waals surface area (Å²) in [6.07, 6.45) is 0.635. The first-order valence-corrected chi connectivity index (χ1v) is 8.43. The van der Waals surface area contributed by atoms with Crippen LogP contribution >= 0.6 is 12.2 Å². The monoisotopic (exact) mass is 355 g/mol. The second-order valence-corrected chi connectivity index (χ2v) is 6.97. The number of ether oxygens (including phenoxy) is 1. The van der Waals surface area contributed by atoms with E-state index in [1.54, 1.807) is 12.1 Å². The molecule has 0 radical (unpaired) electrons. The molecule has 6 nitrogen and oxygen atoms in total. The maximum absolute atomic E-state index is 11.1. The predicted molar refractivity (Wildman–Crippen MR) is 98.9 cm³/mol. The molecule has 2 atom stereocenters. The van der Waals surface area contributed by atoms with E-state index in [4.69, 9.17) is 17.0 Å². The number of fused-ring (bicyclic) bond motifs is 4. The Morgan fingerprint density at radius 3 is 2.84 bits per heavy atom. The van der Waals surface area contributed by atoms with Crippen LogP contribution in [0.5, 0.6) is 5.75 Å². The summed E-state index contributed by atoms with van der Waals surface area (Å²) in [4.78, 5) is 12.7. The molecule has 25 heavy (non-hydrogen) atoms. The van der Waals surface area contributed by atoms with Gasteiger partial charge in [-0.1, -0.05) is 18.2 Å². The molecule has 0 aromatic heterocycles. The van der Waals surface area contributed by atoms with Crippen molar-refractivity contribution >= 4 is 28.7 Å². The van der Waals surface area contributed by atoms with Crippen LogP contribution in [0.3, 0.4) is 0 Å². The minimum Gasteiger partial charge on any atom is -0.467 e. The van der Waals surface area contributed by atoms with Gasteiger partial charge in [-0.2, -0.15) is 0 Å².